The summed E-state index contributed by atoms with van der Waals surface area (Å²) in [4.78, 5) is 0. The molecule has 0 bridgehead atoms. The molecule has 0 aliphatic rings. The number of hydrogen-bond acceptors (Lipinski definition) is 2. The Morgan fingerprint density at radius 2 is 2.18 bits per heavy atom. The number of alkyl halides is 1. The summed E-state index contributed by atoms with van der Waals surface area (Å²) in [6.07, 6.45) is 0. The van der Waals surface area contributed by atoms with Crippen LogP contribution in [0, 0.1) is 6.92 Å². The van der Waals surface area contributed by atoms with Crippen LogP contribution in [0.2, 0.25) is 0 Å². The molecule has 0 amide bonds. The molecule has 3 N–H and O–H groups in total. The van der Waals surface area contributed by atoms with Crippen LogP contribution in [0.25, 0.3) is 0 Å². The van der Waals surface area contributed by atoms with E-state index in [1.54, 1.807) is 6.07 Å². The summed E-state index contributed by atoms with van der Waals surface area (Å²) in [5.41, 5.74) is 7.57. The first-order valence-electron chi connectivity index (χ1n) is 3.29. The maximum Gasteiger partial charge on any atom is 0.142 e. The molecule has 1 aromatic carbocycles. The Kier molecular flexibility index (Phi) is 2.25. The molecule has 0 aromatic heterocycles. The number of hydrogen-bond donors (Lipinski definition) is 2. The highest BCUT2D eigenvalue weighted by Crippen LogP contribution is 2.27. The van der Waals surface area contributed by atoms with Crippen molar-refractivity contribution in [2.45, 2.75) is 12.8 Å². The van der Waals surface area contributed by atoms with Crippen molar-refractivity contribution in [2.75, 3.05) is 5.73 Å². The molecule has 2 nitrogen and oxygen atoms in total. The lowest BCUT2D eigenvalue weighted by molar-refractivity contribution is 0.473. The van der Waals surface area contributed by atoms with Crippen molar-refractivity contribution >= 4 is 17.3 Å². The summed E-state index contributed by atoms with van der Waals surface area (Å²) >= 11 is 5.56. The molecular formula is C8H10ClNO. The number of phenols is 1. The summed E-state index contributed by atoms with van der Waals surface area (Å²) in [7, 11) is 0. The van der Waals surface area contributed by atoms with E-state index in [1.807, 2.05) is 13.0 Å². The van der Waals surface area contributed by atoms with Gasteiger partial charge in [0.25, 0.3) is 0 Å². The number of nitrogens with two attached hydrogens (primary N) is 1. The van der Waals surface area contributed by atoms with Gasteiger partial charge in [-0.2, -0.15) is 0 Å². The van der Waals surface area contributed by atoms with Crippen molar-refractivity contribution in [2.24, 2.45) is 0 Å². The van der Waals surface area contributed by atoms with Crippen LogP contribution in [0.5, 0.6) is 5.75 Å². The Labute approximate surface area is 70.6 Å². The van der Waals surface area contributed by atoms with Gasteiger partial charge in [-0.05, 0) is 18.6 Å². The zero-order chi connectivity index (χ0) is 8.43. The highest BCUT2D eigenvalue weighted by molar-refractivity contribution is 6.17. The zero-order valence-corrected chi connectivity index (χ0v) is 7.02. The fourth-order valence-electron chi connectivity index (χ4n) is 0.986. The Morgan fingerprint density at radius 1 is 1.55 bits per heavy atom. The summed E-state index contributed by atoms with van der Waals surface area (Å²) < 4.78 is 0. The van der Waals surface area contributed by atoms with E-state index in [0.717, 1.165) is 5.56 Å². The van der Waals surface area contributed by atoms with Crippen molar-refractivity contribution in [3.05, 3.63) is 23.3 Å². The molecule has 3 heteroatoms. The average molecular weight is 172 g/mol. The van der Waals surface area contributed by atoms with Gasteiger partial charge < -0.3 is 10.8 Å². The third kappa shape index (κ3) is 1.57. The smallest absolute Gasteiger partial charge is 0.142 e. The molecule has 0 saturated carbocycles. The molecule has 1 rings (SSSR count). The first-order chi connectivity index (χ1) is 5.15. The Balaban J connectivity index is 3.24. The molecule has 0 radical (unpaired) electrons. The molecule has 11 heavy (non-hydrogen) atoms. The Hall–Kier alpha value is -0.890. The van der Waals surface area contributed by atoms with Crippen LogP contribution < -0.4 is 5.73 Å². The third-order valence-electron chi connectivity index (χ3n) is 1.51. The standard InChI is InChI=1S/C8H10ClNO/c1-5-2-6(4-9)8(11)7(10)3-5/h2-3,11H,4,10H2,1H3. The van der Waals surface area contributed by atoms with Crippen molar-refractivity contribution in [3.8, 4) is 5.75 Å². The van der Waals surface area contributed by atoms with Crippen molar-refractivity contribution in [1.82, 2.24) is 0 Å². The van der Waals surface area contributed by atoms with E-state index in [9.17, 15) is 5.11 Å². The lowest BCUT2D eigenvalue weighted by Gasteiger charge is -2.04. The van der Waals surface area contributed by atoms with Crippen LogP contribution in [0.4, 0.5) is 5.69 Å². The number of nitrogen functional groups attached to an aromatic ring is 1. The van der Waals surface area contributed by atoms with Crippen LogP contribution in [-0.2, 0) is 5.88 Å². The summed E-state index contributed by atoms with van der Waals surface area (Å²) in [5, 5.41) is 9.31. The Morgan fingerprint density at radius 3 is 2.73 bits per heavy atom. The van der Waals surface area contributed by atoms with E-state index in [2.05, 4.69) is 0 Å². The van der Waals surface area contributed by atoms with Crippen molar-refractivity contribution in [1.29, 1.82) is 0 Å². The average Bonchev–Trinajstić information content (AvgIpc) is 1.96. The molecule has 0 fully saturated rings. The van der Waals surface area contributed by atoms with E-state index in [-0.39, 0.29) is 11.6 Å². The van der Waals surface area contributed by atoms with Crippen LogP contribution in [0.1, 0.15) is 11.1 Å². The minimum Gasteiger partial charge on any atom is -0.505 e. The van der Waals surface area contributed by atoms with Crippen LogP contribution in [-0.4, -0.2) is 5.11 Å². The van der Waals surface area contributed by atoms with Gasteiger partial charge in [-0.15, -0.1) is 11.6 Å². The molecule has 0 atom stereocenters. The van der Waals surface area contributed by atoms with E-state index in [0.29, 0.717) is 11.3 Å². The molecule has 0 spiro atoms. The maximum atomic E-state index is 9.31. The van der Waals surface area contributed by atoms with E-state index in [1.165, 1.54) is 0 Å². The second-order valence-corrected chi connectivity index (χ2v) is 2.76. The fraction of sp³-hybridized carbons (Fsp3) is 0.250. The largest absolute Gasteiger partial charge is 0.505 e. The summed E-state index contributed by atoms with van der Waals surface area (Å²) in [6, 6.07) is 3.53. The minimum atomic E-state index is 0.102. The number of benzene rings is 1. The molecule has 0 saturated heterocycles. The first kappa shape index (κ1) is 8.21. The van der Waals surface area contributed by atoms with Gasteiger partial charge in [-0.3, -0.25) is 0 Å². The van der Waals surface area contributed by atoms with Gasteiger partial charge >= 0.3 is 0 Å². The number of phenolic OH excluding ortho intramolecular Hbond substituents is 1. The molecular weight excluding hydrogens is 162 g/mol. The number of anilines is 1. The second kappa shape index (κ2) is 3.01. The summed E-state index contributed by atoms with van der Waals surface area (Å²) in [6.45, 7) is 1.91. The number of rotatable bonds is 1. The molecule has 0 unspecified atom stereocenters. The predicted octanol–water partition coefficient (Wildman–Crippen LogP) is 2.02. The monoisotopic (exact) mass is 171 g/mol. The van der Waals surface area contributed by atoms with Gasteiger partial charge in [-0.1, -0.05) is 6.07 Å². The quantitative estimate of drug-likeness (QED) is 0.386. The molecule has 1 aromatic rings. The van der Waals surface area contributed by atoms with Gasteiger partial charge in [0.15, 0.2) is 0 Å². The van der Waals surface area contributed by atoms with E-state index < -0.39 is 0 Å². The topological polar surface area (TPSA) is 46.2 Å². The van der Waals surface area contributed by atoms with Gasteiger partial charge in [0.1, 0.15) is 5.75 Å². The predicted molar refractivity (Wildman–Crippen MR) is 46.8 cm³/mol. The third-order valence-corrected chi connectivity index (χ3v) is 1.79. The normalized spacial score (nSPS) is 10.0. The Bertz CT molecular complexity index is 273. The number of aromatic hydroxyl groups is 1. The van der Waals surface area contributed by atoms with Crippen molar-refractivity contribution in [3.63, 3.8) is 0 Å². The number of aryl methyl sites for hydroxylation is 1. The van der Waals surface area contributed by atoms with E-state index in [4.69, 9.17) is 17.3 Å². The molecule has 0 aliphatic heterocycles. The molecule has 60 valence electrons. The second-order valence-electron chi connectivity index (χ2n) is 2.50. The maximum absolute atomic E-state index is 9.31. The van der Waals surface area contributed by atoms with Gasteiger partial charge in [0.05, 0.1) is 11.6 Å². The first-order valence-corrected chi connectivity index (χ1v) is 3.82. The van der Waals surface area contributed by atoms with E-state index >= 15 is 0 Å². The van der Waals surface area contributed by atoms with Gasteiger partial charge in [0, 0.05) is 5.56 Å². The van der Waals surface area contributed by atoms with Crippen LogP contribution in [0.3, 0.4) is 0 Å². The van der Waals surface area contributed by atoms with Crippen LogP contribution >= 0.6 is 11.6 Å². The van der Waals surface area contributed by atoms with Gasteiger partial charge in [-0.25, -0.2) is 0 Å². The molecule has 0 heterocycles. The summed E-state index contributed by atoms with van der Waals surface area (Å²) in [5.74, 6) is 0.392. The molecule has 0 aliphatic carbocycles. The highest BCUT2D eigenvalue weighted by atomic mass is 35.5. The van der Waals surface area contributed by atoms with Crippen LogP contribution in [0.15, 0.2) is 12.1 Å². The van der Waals surface area contributed by atoms with Crippen molar-refractivity contribution < 1.29 is 5.11 Å². The zero-order valence-electron chi connectivity index (χ0n) is 6.26. The fourth-order valence-corrected chi connectivity index (χ4v) is 1.19. The minimum absolute atomic E-state index is 0.102. The highest BCUT2D eigenvalue weighted by Gasteiger charge is 2.03. The van der Waals surface area contributed by atoms with Gasteiger partial charge in [0.2, 0.25) is 0 Å². The number of halogens is 1. The lowest BCUT2D eigenvalue weighted by atomic mass is 10.1. The SMILES string of the molecule is Cc1cc(N)c(O)c(CCl)c1. The lowest BCUT2D eigenvalue weighted by Crippen LogP contribution is -1.90.